The molecule has 0 atom stereocenters. The number of anilines is 2. The van der Waals surface area contributed by atoms with Gasteiger partial charge in [0.25, 0.3) is 5.56 Å². The highest BCUT2D eigenvalue weighted by atomic mass is 35.5. The van der Waals surface area contributed by atoms with Crippen molar-refractivity contribution < 1.29 is 0 Å². The first-order chi connectivity index (χ1) is 12.5. The Labute approximate surface area is 158 Å². The monoisotopic (exact) mass is 368 g/mol. The summed E-state index contributed by atoms with van der Waals surface area (Å²) in [6.45, 7) is 0.623. The minimum Gasteiger partial charge on any atom is -0.378 e. The molecule has 0 fully saturated rings. The van der Waals surface area contributed by atoms with Crippen molar-refractivity contribution in [3.63, 3.8) is 0 Å². The van der Waals surface area contributed by atoms with E-state index in [0.717, 1.165) is 11.3 Å². The molecular formula is C20H21ClN4O. The van der Waals surface area contributed by atoms with Crippen molar-refractivity contribution >= 4 is 23.0 Å². The van der Waals surface area contributed by atoms with Gasteiger partial charge in [-0.15, -0.1) is 0 Å². The van der Waals surface area contributed by atoms with Crippen molar-refractivity contribution in [1.29, 1.82) is 0 Å². The highest BCUT2D eigenvalue weighted by molar-refractivity contribution is 6.33. The topological polar surface area (TPSA) is 41.4 Å². The number of hydrogen-bond donors (Lipinski definition) is 0. The summed E-state index contributed by atoms with van der Waals surface area (Å²) in [5, 5.41) is 4.45. The first kappa shape index (κ1) is 18.0. The van der Waals surface area contributed by atoms with Crippen LogP contribution in [0.2, 0.25) is 5.02 Å². The number of hydrogen-bond acceptors (Lipinski definition) is 4. The molecule has 0 bridgehead atoms. The predicted molar refractivity (Wildman–Crippen MR) is 108 cm³/mol. The Morgan fingerprint density at radius 3 is 2.46 bits per heavy atom. The van der Waals surface area contributed by atoms with E-state index in [9.17, 15) is 4.79 Å². The molecule has 26 heavy (non-hydrogen) atoms. The van der Waals surface area contributed by atoms with Crippen LogP contribution in [0.1, 0.15) is 5.56 Å². The fourth-order valence-electron chi connectivity index (χ4n) is 2.74. The van der Waals surface area contributed by atoms with Crippen LogP contribution in [0, 0.1) is 0 Å². The Morgan fingerprint density at radius 2 is 1.77 bits per heavy atom. The molecule has 3 aromatic rings. The van der Waals surface area contributed by atoms with E-state index in [1.165, 1.54) is 4.68 Å². The van der Waals surface area contributed by atoms with Crippen molar-refractivity contribution in [3.05, 3.63) is 81.7 Å². The highest BCUT2D eigenvalue weighted by Gasteiger charge is 2.14. The summed E-state index contributed by atoms with van der Waals surface area (Å²) in [7, 11) is 5.91. The minimum atomic E-state index is -0.329. The Bertz CT molecular complexity index is 954. The van der Waals surface area contributed by atoms with Gasteiger partial charge < -0.3 is 9.80 Å². The molecule has 2 aromatic carbocycles. The zero-order valence-corrected chi connectivity index (χ0v) is 15.8. The summed E-state index contributed by atoms with van der Waals surface area (Å²) in [4.78, 5) is 16.6. The Kier molecular flexibility index (Phi) is 5.28. The molecule has 0 radical (unpaired) electrons. The van der Waals surface area contributed by atoms with Crippen LogP contribution in [-0.4, -0.2) is 30.9 Å². The first-order valence-electron chi connectivity index (χ1n) is 8.28. The van der Waals surface area contributed by atoms with Gasteiger partial charge in [0.1, 0.15) is 5.02 Å². The van der Waals surface area contributed by atoms with Gasteiger partial charge in [0.2, 0.25) is 0 Å². The average molecular weight is 369 g/mol. The van der Waals surface area contributed by atoms with Crippen molar-refractivity contribution in [2.45, 2.75) is 6.54 Å². The maximum Gasteiger partial charge on any atom is 0.292 e. The van der Waals surface area contributed by atoms with E-state index in [0.29, 0.717) is 17.9 Å². The molecule has 0 saturated heterocycles. The number of aromatic nitrogens is 2. The average Bonchev–Trinajstić information content (AvgIpc) is 2.64. The van der Waals surface area contributed by atoms with Crippen LogP contribution >= 0.6 is 11.6 Å². The summed E-state index contributed by atoms with van der Waals surface area (Å²) < 4.78 is 1.31. The third-order valence-corrected chi connectivity index (χ3v) is 4.51. The van der Waals surface area contributed by atoms with Crippen molar-refractivity contribution in [2.24, 2.45) is 0 Å². The van der Waals surface area contributed by atoms with Gasteiger partial charge >= 0.3 is 0 Å². The van der Waals surface area contributed by atoms with E-state index < -0.39 is 0 Å². The molecule has 5 nitrogen and oxygen atoms in total. The van der Waals surface area contributed by atoms with Gasteiger partial charge in [-0.25, -0.2) is 0 Å². The highest BCUT2D eigenvalue weighted by Crippen LogP contribution is 2.23. The molecule has 134 valence electrons. The van der Waals surface area contributed by atoms with Crippen molar-refractivity contribution in [2.75, 3.05) is 30.9 Å². The van der Waals surface area contributed by atoms with Crippen LogP contribution < -0.4 is 15.4 Å². The normalized spacial score (nSPS) is 10.6. The number of benzene rings is 2. The Balaban J connectivity index is 1.89. The van der Waals surface area contributed by atoms with E-state index in [1.807, 2.05) is 62.4 Å². The maximum absolute atomic E-state index is 12.6. The van der Waals surface area contributed by atoms with Gasteiger partial charge in [0, 0.05) is 33.4 Å². The SMILES string of the molecule is CN(C)c1cccc(CN(C)c2cnn(-c3ccccc3)c(=O)c2Cl)c1. The maximum atomic E-state index is 12.6. The van der Waals surface area contributed by atoms with Crippen LogP contribution in [0.15, 0.2) is 65.6 Å². The van der Waals surface area contributed by atoms with E-state index in [4.69, 9.17) is 11.6 Å². The van der Waals surface area contributed by atoms with Gasteiger partial charge in [0.05, 0.1) is 17.6 Å². The standard InChI is InChI=1S/C20H21ClN4O/c1-23(2)17-11-7-8-15(12-17)14-24(3)18-13-22-25(20(26)19(18)21)16-9-5-4-6-10-16/h4-13H,14H2,1-3H3. The Morgan fingerprint density at radius 1 is 1.04 bits per heavy atom. The smallest absolute Gasteiger partial charge is 0.292 e. The van der Waals surface area contributed by atoms with Crippen LogP contribution in [0.4, 0.5) is 11.4 Å². The quantitative estimate of drug-likeness (QED) is 0.690. The second-order valence-corrected chi connectivity index (χ2v) is 6.69. The van der Waals surface area contributed by atoms with Gasteiger partial charge in [-0.3, -0.25) is 4.79 Å². The lowest BCUT2D eigenvalue weighted by molar-refractivity contribution is 0.795. The summed E-state index contributed by atoms with van der Waals surface area (Å²) in [6, 6.07) is 17.5. The number of para-hydroxylation sites is 1. The molecule has 0 saturated carbocycles. The summed E-state index contributed by atoms with van der Waals surface area (Å²) >= 11 is 6.37. The predicted octanol–water partition coefficient (Wildman–Crippen LogP) is 3.59. The molecule has 1 heterocycles. The van der Waals surface area contributed by atoms with Crippen LogP contribution in [0.5, 0.6) is 0 Å². The molecule has 0 aliphatic carbocycles. The third kappa shape index (κ3) is 3.73. The lowest BCUT2D eigenvalue weighted by Gasteiger charge is -2.21. The molecule has 0 aliphatic rings. The van der Waals surface area contributed by atoms with Gasteiger partial charge in [-0.05, 0) is 29.8 Å². The lowest BCUT2D eigenvalue weighted by atomic mass is 10.2. The molecule has 0 aliphatic heterocycles. The summed E-state index contributed by atoms with van der Waals surface area (Å²) in [5.74, 6) is 0. The van der Waals surface area contributed by atoms with Crippen molar-refractivity contribution in [3.8, 4) is 5.69 Å². The second kappa shape index (κ2) is 7.62. The van der Waals surface area contributed by atoms with Crippen LogP contribution in [-0.2, 0) is 6.54 Å². The molecule has 3 rings (SSSR count). The first-order valence-corrected chi connectivity index (χ1v) is 8.66. The van der Waals surface area contributed by atoms with Crippen LogP contribution in [0.3, 0.4) is 0 Å². The molecule has 0 amide bonds. The zero-order chi connectivity index (χ0) is 18.7. The van der Waals surface area contributed by atoms with Crippen molar-refractivity contribution in [1.82, 2.24) is 9.78 Å². The van der Waals surface area contributed by atoms with E-state index in [-0.39, 0.29) is 10.6 Å². The minimum absolute atomic E-state index is 0.162. The van der Waals surface area contributed by atoms with Crippen LogP contribution in [0.25, 0.3) is 5.69 Å². The largest absolute Gasteiger partial charge is 0.378 e. The molecular weight excluding hydrogens is 348 g/mol. The Hall–Kier alpha value is -2.79. The second-order valence-electron chi connectivity index (χ2n) is 6.32. The fraction of sp³-hybridized carbons (Fsp3) is 0.200. The van der Waals surface area contributed by atoms with E-state index in [1.54, 1.807) is 6.20 Å². The summed E-state index contributed by atoms with van der Waals surface area (Å²) in [6.07, 6.45) is 1.63. The van der Waals surface area contributed by atoms with Gasteiger partial charge in [-0.1, -0.05) is 41.9 Å². The molecule has 0 unspecified atom stereocenters. The van der Waals surface area contributed by atoms with E-state index in [2.05, 4.69) is 28.2 Å². The number of nitrogens with zero attached hydrogens (tertiary/aromatic N) is 4. The fourth-order valence-corrected chi connectivity index (χ4v) is 3.01. The number of rotatable bonds is 5. The molecule has 0 spiro atoms. The molecule has 1 aromatic heterocycles. The summed E-state index contributed by atoms with van der Waals surface area (Å²) in [5.41, 5.74) is 3.22. The van der Waals surface area contributed by atoms with Gasteiger partial charge in [-0.2, -0.15) is 9.78 Å². The molecule has 0 N–H and O–H groups in total. The van der Waals surface area contributed by atoms with E-state index >= 15 is 0 Å². The lowest BCUT2D eigenvalue weighted by Crippen LogP contribution is -2.26. The number of halogens is 1. The zero-order valence-electron chi connectivity index (χ0n) is 15.1. The molecule has 6 heteroatoms. The van der Waals surface area contributed by atoms with Gasteiger partial charge in [0.15, 0.2) is 0 Å². The third-order valence-electron chi connectivity index (χ3n) is 4.16.